The van der Waals surface area contributed by atoms with Crippen LogP contribution in [0.25, 0.3) is 10.9 Å². The van der Waals surface area contributed by atoms with Crippen molar-refractivity contribution in [2.45, 2.75) is 25.9 Å². The molecule has 8 nitrogen and oxygen atoms in total. The molecule has 0 amide bonds. The molecule has 1 aliphatic carbocycles. The zero-order chi connectivity index (χ0) is 22.9. The maximum Gasteiger partial charge on any atom is 0.228 e. The number of fused-ring (bicyclic) bond motifs is 1. The Balaban J connectivity index is 1.04. The van der Waals surface area contributed by atoms with Crippen LogP contribution < -0.4 is 15.1 Å². The summed E-state index contributed by atoms with van der Waals surface area (Å²) in [5.74, 6) is 1.31. The van der Waals surface area contributed by atoms with Crippen molar-refractivity contribution in [2.24, 2.45) is 10.8 Å². The summed E-state index contributed by atoms with van der Waals surface area (Å²) in [4.78, 5) is 21.3. The van der Waals surface area contributed by atoms with Crippen molar-refractivity contribution < 1.29 is 5.11 Å². The Bertz CT molecular complexity index is 1220. The highest BCUT2D eigenvalue weighted by atomic mass is 16.3. The third-order valence-electron chi connectivity index (χ3n) is 8.29. The normalized spacial score (nSPS) is 22.9. The Morgan fingerprint density at radius 2 is 1.74 bits per heavy atom. The van der Waals surface area contributed by atoms with Gasteiger partial charge in [0, 0.05) is 61.7 Å². The second-order valence-electron chi connectivity index (χ2n) is 11.0. The van der Waals surface area contributed by atoms with Crippen LogP contribution in [0.15, 0.2) is 42.7 Å². The Kier molecular flexibility index (Phi) is 4.36. The summed E-state index contributed by atoms with van der Waals surface area (Å²) in [6, 6.07) is 10.4. The third-order valence-corrected chi connectivity index (χ3v) is 8.29. The van der Waals surface area contributed by atoms with Crippen LogP contribution in [0.1, 0.15) is 19.8 Å². The number of para-hydroxylation sites is 1. The largest absolute Gasteiger partial charge is 0.393 e. The van der Waals surface area contributed by atoms with E-state index in [-0.39, 0.29) is 6.10 Å². The highest BCUT2D eigenvalue weighted by molar-refractivity contribution is 5.91. The molecule has 4 fully saturated rings. The molecule has 0 atom stereocenters. The standard InChI is InChI=1S/C26H31N7O/c1-2-31-12-26(13-31)16-32(17-26)19-6-7-22(27-11-19)29-24-28-10-18-4-3-5-21(23(18)30-24)33-14-25(15-33)8-20(34)9-25/h3-7,10-11,20,34H,2,8-9,12-17H2,1H3,(H,27,28,29,30). The molecule has 0 bridgehead atoms. The molecule has 34 heavy (non-hydrogen) atoms. The third kappa shape index (κ3) is 3.23. The Morgan fingerprint density at radius 1 is 0.941 bits per heavy atom. The minimum Gasteiger partial charge on any atom is -0.393 e. The second kappa shape index (κ2) is 7.26. The van der Waals surface area contributed by atoms with Crippen molar-refractivity contribution in [3.05, 3.63) is 42.7 Å². The van der Waals surface area contributed by atoms with Crippen LogP contribution in [0, 0.1) is 10.8 Å². The topological polar surface area (TPSA) is 80.7 Å². The van der Waals surface area contributed by atoms with Crippen LogP contribution in [0.2, 0.25) is 0 Å². The van der Waals surface area contributed by atoms with Crippen molar-refractivity contribution in [1.29, 1.82) is 0 Å². The van der Waals surface area contributed by atoms with Gasteiger partial charge in [0.15, 0.2) is 0 Å². The number of benzene rings is 1. The zero-order valence-electron chi connectivity index (χ0n) is 19.6. The quantitative estimate of drug-likeness (QED) is 0.606. The number of likely N-dealkylation sites (tertiary alicyclic amines) is 1. The molecule has 3 aromatic rings. The van der Waals surface area contributed by atoms with E-state index in [0.717, 1.165) is 68.0 Å². The van der Waals surface area contributed by atoms with Gasteiger partial charge in [-0.05, 0) is 37.6 Å². The van der Waals surface area contributed by atoms with Gasteiger partial charge in [-0.1, -0.05) is 19.1 Å². The van der Waals surface area contributed by atoms with Gasteiger partial charge in [-0.2, -0.15) is 0 Å². The van der Waals surface area contributed by atoms with E-state index in [0.29, 0.717) is 16.8 Å². The molecular weight excluding hydrogens is 426 g/mol. The molecule has 7 rings (SSSR count). The summed E-state index contributed by atoms with van der Waals surface area (Å²) in [5, 5.41) is 14.0. The molecule has 4 aliphatic rings. The molecule has 3 saturated heterocycles. The minimum atomic E-state index is -0.112. The van der Waals surface area contributed by atoms with Gasteiger partial charge in [0.25, 0.3) is 0 Å². The van der Waals surface area contributed by atoms with Crippen molar-refractivity contribution in [1.82, 2.24) is 19.9 Å². The van der Waals surface area contributed by atoms with E-state index < -0.39 is 0 Å². The van der Waals surface area contributed by atoms with Gasteiger partial charge in [0.1, 0.15) is 5.82 Å². The van der Waals surface area contributed by atoms with Gasteiger partial charge < -0.3 is 25.1 Å². The molecule has 5 heterocycles. The number of aromatic nitrogens is 3. The number of nitrogens with zero attached hydrogens (tertiary/aromatic N) is 6. The first-order valence-electron chi connectivity index (χ1n) is 12.4. The smallest absolute Gasteiger partial charge is 0.228 e. The molecule has 1 aromatic carbocycles. The van der Waals surface area contributed by atoms with Gasteiger partial charge in [0.05, 0.1) is 29.2 Å². The van der Waals surface area contributed by atoms with Gasteiger partial charge in [-0.25, -0.2) is 15.0 Å². The summed E-state index contributed by atoms with van der Waals surface area (Å²) < 4.78 is 0. The lowest BCUT2D eigenvalue weighted by Gasteiger charge is -2.61. The number of pyridine rings is 1. The fourth-order valence-corrected chi connectivity index (χ4v) is 6.52. The Labute approximate surface area is 199 Å². The fourth-order valence-electron chi connectivity index (χ4n) is 6.52. The van der Waals surface area contributed by atoms with Gasteiger partial charge in [-0.3, -0.25) is 0 Å². The molecule has 2 spiro atoms. The summed E-state index contributed by atoms with van der Waals surface area (Å²) in [5.41, 5.74) is 4.10. The predicted octanol–water partition coefficient (Wildman–Crippen LogP) is 2.87. The molecular formula is C26H31N7O. The van der Waals surface area contributed by atoms with Crippen LogP contribution in [0.4, 0.5) is 23.1 Å². The highest BCUT2D eigenvalue weighted by Gasteiger charge is 2.52. The van der Waals surface area contributed by atoms with Crippen LogP contribution in [0.5, 0.6) is 0 Å². The zero-order valence-corrected chi connectivity index (χ0v) is 19.6. The molecule has 2 N–H and O–H groups in total. The first kappa shape index (κ1) is 20.4. The molecule has 3 aliphatic heterocycles. The number of anilines is 4. The van der Waals surface area contributed by atoms with E-state index in [1.165, 1.54) is 18.8 Å². The van der Waals surface area contributed by atoms with Gasteiger partial charge in [-0.15, -0.1) is 0 Å². The monoisotopic (exact) mass is 457 g/mol. The number of nitrogens with one attached hydrogen (secondary N) is 1. The maximum atomic E-state index is 9.72. The minimum absolute atomic E-state index is 0.112. The summed E-state index contributed by atoms with van der Waals surface area (Å²) in [6.07, 6.45) is 5.56. The van der Waals surface area contributed by atoms with E-state index in [9.17, 15) is 5.11 Å². The van der Waals surface area contributed by atoms with E-state index in [2.05, 4.69) is 61.2 Å². The lowest BCUT2D eigenvalue weighted by atomic mass is 9.62. The predicted molar refractivity (Wildman–Crippen MR) is 134 cm³/mol. The summed E-state index contributed by atoms with van der Waals surface area (Å²) >= 11 is 0. The van der Waals surface area contributed by atoms with E-state index >= 15 is 0 Å². The van der Waals surface area contributed by atoms with Crippen molar-refractivity contribution in [3.63, 3.8) is 0 Å². The molecule has 0 radical (unpaired) electrons. The van der Waals surface area contributed by atoms with Crippen LogP contribution in [0.3, 0.4) is 0 Å². The Morgan fingerprint density at radius 3 is 2.44 bits per heavy atom. The van der Waals surface area contributed by atoms with Gasteiger partial charge in [0.2, 0.25) is 5.95 Å². The van der Waals surface area contributed by atoms with Crippen LogP contribution in [-0.4, -0.2) is 76.9 Å². The first-order valence-corrected chi connectivity index (χ1v) is 12.4. The van der Waals surface area contributed by atoms with Crippen LogP contribution >= 0.6 is 0 Å². The SMILES string of the molecule is CCN1CC2(C1)CN(c1ccc(Nc3ncc4cccc(N5CC6(CC(O)C6)C5)c4n3)nc1)C2. The first-order chi connectivity index (χ1) is 16.5. The van der Waals surface area contributed by atoms with Crippen molar-refractivity contribution in [2.75, 3.05) is 60.9 Å². The average Bonchev–Trinajstić information content (AvgIpc) is 2.74. The highest BCUT2D eigenvalue weighted by Crippen LogP contribution is 2.50. The average molecular weight is 458 g/mol. The second-order valence-corrected chi connectivity index (χ2v) is 11.0. The molecule has 0 unspecified atom stereocenters. The van der Waals surface area contributed by atoms with E-state index in [1.807, 2.05) is 18.5 Å². The Hall–Kier alpha value is -2.97. The van der Waals surface area contributed by atoms with Gasteiger partial charge >= 0.3 is 0 Å². The molecule has 2 aromatic heterocycles. The molecule has 1 saturated carbocycles. The number of hydrogen-bond donors (Lipinski definition) is 2. The van der Waals surface area contributed by atoms with E-state index in [4.69, 9.17) is 4.98 Å². The molecule has 176 valence electrons. The maximum absolute atomic E-state index is 9.72. The number of aliphatic hydroxyl groups excluding tert-OH is 1. The number of rotatable bonds is 5. The summed E-state index contributed by atoms with van der Waals surface area (Å²) in [6.45, 7) is 10.1. The lowest BCUT2D eigenvalue weighted by molar-refractivity contribution is -0.0490. The van der Waals surface area contributed by atoms with Crippen LogP contribution in [-0.2, 0) is 0 Å². The lowest BCUT2D eigenvalue weighted by Crippen LogP contribution is -2.72. The van der Waals surface area contributed by atoms with Crippen molar-refractivity contribution >= 4 is 34.0 Å². The van der Waals surface area contributed by atoms with Crippen molar-refractivity contribution in [3.8, 4) is 0 Å². The number of hydrogen-bond acceptors (Lipinski definition) is 8. The van der Waals surface area contributed by atoms with E-state index in [1.54, 1.807) is 0 Å². The number of aliphatic hydroxyl groups is 1. The fraction of sp³-hybridized carbons (Fsp3) is 0.500. The molecule has 8 heteroatoms. The summed E-state index contributed by atoms with van der Waals surface area (Å²) in [7, 11) is 0.